The van der Waals surface area contributed by atoms with E-state index in [0.29, 0.717) is 0 Å². The molecule has 4 unspecified atom stereocenters. The number of hydrogen-bond donors (Lipinski definition) is 5. The van der Waals surface area contributed by atoms with Gasteiger partial charge in [0.1, 0.15) is 24.9 Å². The van der Waals surface area contributed by atoms with E-state index in [9.17, 15) is 29.1 Å². The highest BCUT2D eigenvalue weighted by molar-refractivity contribution is 7.45. The summed E-state index contributed by atoms with van der Waals surface area (Å²) in [5.74, 6) is -2.72. The molecular formula is C6H12O12P2-2. The minimum absolute atomic E-state index is 0.991. The minimum atomic E-state index is -5.45. The van der Waals surface area contributed by atoms with Crippen LogP contribution in [0.5, 0.6) is 0 Å². The fourth-order valence-electron chi connectivity index (χ4n) is 1.59. The topological polar surface area (TPSA) is 209 Å². The first-order valence-corrected chi connectivity index (χ1v) is 7.97. The Morgan fingerprint density at radius 1 is 1.20 bits per heavy atom. The molecule has 1 aliphatic heterocycles. The molecule has 120 valence electrons. The number of aliphatic hydroxyl groups is 3. The van der Waals surface area contributed by atoms with Gasteiger partial charge in [-0.15, -0.1) is 0 Å². The normalized spacial score (nSPS) is 40.2. The molecule has 0 radical (unpaired) electrons. The Hall–Kier alpha value is 0.0600. The van der Waals surface area contributed by atoms with E-state index in [0.717, 1.165) is 0 Å². The van der Waals surface area contributed by atoms with Crippen LogP contribution < -0.4 is 9.79 Å². The maximum atomic E-state index is 10.6. The molecule has 1 aliphatic rings. The number of hydrogen-bond acceptors (Lipinski definition) is 10. The van der Waals surface area contributed by atoms with Crippen LogP contribution in [0.15, 0.2) is 0 Å². The van der Waals surface area contributed by atoms with Crippen molar-refractivity contribution in [1.29, 1.82) is 0 Å². The molecule has 14 heteroatoms. The molecule has 5 N–H and O–H groups in total. The van der Waals surface area contributed by atoms with Gasteiger partial charge in [-0.2, -0.15) is 0 Å². The van der Waals surface area contributed by atoms with E-state index < -0.39 is 53.0 Å². The Balaban J connectivity index is 2.85. The number of phosphoric acid groups is 2. The van der Waals surface area contributed by atoms with Crippen molar-refractivity contribution >= 4 is 15.6 Å². The summed E-state index contributed by atoms with van der Waals surface area (Å²) in [6.45, 7) is -2.28. The van der Waals surface area contributed by atoms with Crippen molar-refractivity contribution < 1.29 is 57.8 Å². The molecule has 1 fully saturated rings. The van der Waals surface area contributed by atoms with Gasteiger partial charge in [0.05, 0.1) is 6.61 Å². The van der Waals surface area contributed by atoms with Crippen molar-refractivity contribution in [2.45, 2.75) is 24.1 Å². The standard InChI is InChI=1S/C6H14O12P2/c7-2-6(18-20(13,14)15)5(9)4(8)3(17-6)1-16-19(10,11)12/h3-5,7-9H,1-2H2,(H2,10,11,12)(H2,13,14,15)/p-2/t3-,4?,5?,6+/m1/s1. The Morgan fingerprint density at radius 2 is 1.75 bits per heavy atom. The van der Waals surface area contributed by atoms with Gasteiger partial charge in [0.15, 0.2) is 0 Å². The fraction of sp³-hybridized carbons (Fsp3) is 1.00. The molecule has 0 aliphatic carbocycles. The van der Waals surface area contributed by atoms with Gasteiger partial charge in [-0.3, -0.25) is 13.7 Å². The molecule has 12 nitrogen and oxygen atoms in total. The molecule has 20 heavy (non-hydrogen) atoms. The van der Waals surface area contributed by atoms with E-state index >= 15 is 0 Å². The van der Waals surface area contributed by atoms with Crippen LogP contribution in [0, 0.1) is 0 Å². The van der Waals surface area contributed by atoms with Crippen molar-refractivity contribution in [3.63, 3.8) is 0 Å². The molecular weight excluding hydrogens is 326 g/mol. The summed E-state index contributed by atoms with van der Waals surface area (Å²) in [5.41, 5.74) is 0. The minimum Gasteiger partial charge on any atom is -0.756 e. The highest BCUT2D eigenvalue weighted by atomic mass is 31.2. The van der Waals surface area contributed by atoms with Gasteiger partial charge in [-0.1, -0.05) is 0 Å². The average Bonchev–Trinajstić information content (AvgIpc) is 2.49. The predicted molar refractivity (Wildman–Crippen MR) is 53.4 cm³/mol. The van der Waals surface area contributed by atoms with Crippen LogP contribution in [-0.2, 0) is 22.9 Å². The maximum absolute atomic E-state index is 10.6. The zero-order valence-electron chi connectivity index (χ0n) is 9.63. The van der Waals surface area contributed by atoms with E-state index in [1.165, 1.54) is 0 Å². The molecule has 0 aromatic rings. The maximum Gasteiger partial charge on any atom is 0.267 e. The first-order chi connectivity index (χ1) is 8.90. The van der Waals surface area contributed by atoms with Crippen LogP contribution in [0.1, 0.15) is 0 Å². The number of ether oxygens (including phenoxy) is 1. The summed E-state index contributed by atoms with van der Waals surface area (Å²) in [4.78, 5) is 37.9. The monoisotopic (exact) mass is 338 g/mol. The fourth-order valence-corrected chi connectivity index (χ4v) is 2.52. The van der Waals surface area contributed by atoms with Crippen LogP contribution >= 0.6 is 15.6 Å². The van der Waals surface area contributed by atoms with Gasteiger partial charge in [-0.25, -0.2) is 0 Å². The van der Waals surface area contributed by atoms with Gasteiger partial charge in [0, 0.05) is 0 Å². The number of aliphatic hydroxyl groups excluding tert-OH is 3. The van der Waals surface area contributed by atoms with Crippen molar-refractivity contribution in [2.24, 2.45) is 0 Å². The third-order valence-electron chi connectivity index (χ3n) is 2.40. The highest BCUT2D eigenvalue weighted by Crippen LogP contribution is 2.44. The van der Waals surface area contributed by atoms with Gasteiger partial charge in [-0.05, 0) is 0 Å². The van der Waals surface area contributed by atoms with E-state index in [-0.39, 0.29) is 0 Å². The third kappa shape index (κ3) is 4.53. The Labute approximate surface area is 112 Å². The van der Waals surface area contributed by atoms with Crippen molar-refractivity contribution in [3.05, 3.63) is 0 Å². The molecule has 0 bridgehead atoms. The van der Waals surface area contributed by atoms with Gasteiger partial charge in [0.2, 0.25) is 5.79 Å². The van der Waals surface area contributed by atoms with Gasteiger partial charge in [0.25, 0.3) is 15.6 Å². The largest absolute Gasteiger partial charge is 0.756 e. The quantitative estimate of drug-likeness (QED) is 0.292. The third-order valence-corrected chi connectivity index (χ3v) is 3.41. The van der Waals surface area contributed by atoms with Crippen LogP contribution in [0.2, 0.25) is 0 Å². The average molecular weight is 338 g/mol. The van der Waals surface area contributed by atoms with Crippen molar-refractivity contribution in [3.8, 4) is 0 Å². The summed E-state index contributed by atoms with van der Waals surface area (Å²) in [6, 6.07) is 0. The van der Waals surface area contributed by atoms with E-state index in [4.69, 9.17) is 19.6 Å². The second kappa shape index (κ2) is 6.05. The van der Waals surface area contributed by atoms with Crippen LogP contribution in [0.4, 0.5) is 0 Å². The lowest BCUT2D eigenvalue weighted by atomic mass is 10.1. The molecule has 6 atom stereocenters. The zero-order chi connectivity index (χ0) is 15.8. The van der Waals surface area contributed by atoms with E-state index in [2.05, 4.69) is 9.05 Å². The Bertz CT molecular complexity index is 428. The smallest absolute Gasteiger partial charge is 0.267 e. The SMILES string of the molecule is O=P([O-])(O)OC[C@H]1O[C@@](CO)(OP(=O)([O-])O)C(O)C1O. The molecule has 1 rings (SSSR count). The van der Waals surface area contributed by atoms with Crippen LogP contribution in [0.25, 0.3) is 0 Å². The lowest BCUT2D eigenvalue weighted by molar-refractivity contribution is -0.288. The summed E-state index contributed by atoms with van der Waals surface area (Å²) in [6.07, 6.45) is -5.71. The molecule has 0 saturated carbocycles. The zero-order valence-corrected chi connectivity index (χ0v) is 11.4. The van der Waals surface area contributed by atoms with Crippen molar-refractivity contribution in [2.75, 3.05) is 13.2 Å². The van der Waals surface area contributed by atoms with Crippen LogP contribution in [-0.4, -0.2) is 62.4 Å². The second-order valence-corrected chi connectivity index (χ2v) is 6.20. The first-order valence-electron chi connectivity index (χ1n) is 4.98. The lowest BCUT2D eigenvalue weighted by Gasteiger charge is -2.33. The van der Waals surface area contributed by atoms with Crippen molar-refractivity contribution in [1.82, 2.24) is 0 Å². The van der Waals surface area contributed by atoms with E-state index in [1.807, 2.05) is 0 Å². The summed E-state index contributed by atoms with van der Waals surface area (Å²) in [5, 5.41) is 28.1. The summed E-state index contributed by atoms with van der Waals surface area (Å²) >= 11 is 0. The number of phosphoric ester groups is 2. The molecule has 0 amide bonds. The molecule has 0 aromatic carbocycles. The van der Waals surface area contributed by atoms with E-state index in [1.54, 1.807) is 0 Å². The van der Waals surface area contributed by atoms with Gasteiger partial charge >= 0.3 is 0 Å². The van der Waals surface area contributed by atoms with Crippen LogP contribution in [0.3, 0.4) is 0 Å². The molecule has 0 spiro atoms. The number of rotatable bonds is 6. The lowest BCUT2D eigenvalue weighted by Crippen LogP contribution is -2.48. The summed E-state index contributed by atoms with van der Waals surface area (Å²) in [7, 11) is -10.6. The Kier molecular flexibility index (Phi) is 5.48. The molecule has 1 saturated heterocycles. The highest BCUT2D eigenvalue weighted by Gasteiger charge is 2.56. The second-order valence-electron chi connectivity index (χ2n) is 3.89. The summed E-state index contributed by atoms with van der Waals surface area (Å²) < 4.78 is 33.6. The Morgan fingerprint density at radius 3 is 2.15 bits per heavy atom. The first kappa shape index (κ1) is 18.1. The van der Waals surface area contributed by atoms with Gasteiger partial charge < -0.3 is 44.2 Å². The molecule has 1 heterocycles. The predicted octanol–water partition coefficient (Wildman–Crippen LogP) is -4.25. The molecule has 0 aromatic heterocycles.